The lowest BCUT2D eigenvalue weighted by Gasteiger charge is -2.09. The third-order valence-corrected chi connectivity index (χ3v) is 3.49. The first-order chi connectivity index (χ1) is 10.1. The van der Waals surface area contributed by atoms with Crippen molar-refractivity contribution < 1.29 is 9.13 Å². The van der Waals surface area contributed by atoms with Gasteiger partial charge in [-0.25, -0.2) is 4.39 Å². The highest BCUT2D eigenvalue weighted by Gasteiger charge is 2.07. The average molecular weight is 350 g/mol. The fourth-order valence-corrected chi connectivity index (χ4v) is 2.30. The lowest BCUT2D eigenvalue weighted by atomic mass is 10.2. The van der Waals surface area contributed by atoms with Gasteiger partial charge in [0.05, 0.1) is 9.86 Å². The predicted octanol–water partition coefficient (Wildman–Crippen LogP) is 2.73. The van der Waals surface area contributed by atoms with Crippen LogP contribution in [-0.4, -0.2) is 15.0 Å². The van der Waals surface area contributed by atoms with Crippen molar-refractivity contribution in [2.24, 2.45) is 0 Å². The van der Waals surface area contributed by atoms with Crippen molar-refractivity contribution in [3.63, 3.8) is 0 Å². The SMILES string of the molecule is O=c1c2ccccc2nnn1COc1ccc(F)cc1Br. The topological polar surface area (TPSA) is 57.0 Å². The van der Waals surface area contributed by atoms with E-state index < -0.39 is 0 Å². The smallest absolute Gasteiger partial charge is 0.280 e. The van der Waals surface area contributed by atoms with Gasteiger partial charge in [0.2, 0.25) is 0 Å². The molecule has 1 heterocycles. The number of rotatable bonds is 3. The van der Waals surface area contributed by atoms with Gasteiger partial charge in [0.25, 0.3) is 5.56 Å². The van der Waals surface area contributed by atoms with Gasteiger partial charge in [-0.15, -0.1) is 5.10 Å². The number of nitrogens with zero attached hydrogens (tertiary/aromatic N) is 3. The number of halogens is 2. The Bertz CT molecular complexity index is 866. The Morgan fingerprint density at radius 2 is 2.05 bits per heavy atom. The molecule has 0 aliphatic rings. The molecule has 3 aromatic rings. The first-order valence-corrected chi connectivity index (χ1v) is 6.85. The molecule has 106 valence electrons. The van der Waals surface area contributed by atoms with E-state index in [1.54, 1.807) is 24.3 Å². The van der Waals surface area contributed by atoms with Gasteiger partial charge in [-0.05, 0) is 46.3 Å². The van der Waals surface area contributed by atoms with Crippen molar-refractivity contribution in [2.75, 3.05) is 0 Å². The molecule has 0 saturated carbocycles. The van der Waals surface area contributed by atoms with Crippen molar-refractivity contribution in [1.82, 2.24) is 15.0 Å². The molecule has 0 N–H and O–H groups in total. The molecule has 3 rings (SSSR count). The van der Waals surface area contributed by atoms with Crippen molar-refractivity contribution in [2.45, 2.75) is 6.73 Å². The van der Waals surface area contributed by atoms with E-state index in [9.17, 15) is 9.18 Å². The van der Waals surface area contributed by atoms with Crippen molar-refractivity contribution >= 4 is 26.8 Å². The molecule has 2 aromatic carbocycles. The van der Waals surface area contributed by atoms with Gasteiger partial charge in [0.1, 0.15) is 17.1 Å². The number of ether oxygens (including phenoxy) is 1. The monoisotopic (exact) mass is 349 g/mol. The summed E-state index contributed by atoms with van der Waals surface area (Å²) in [6, 6.07) is 11.0. The zero-order valence-electron chi connectivity index (χ0n) is 10.7. The van der Waals surface area contributed by atoms with Gasteiger partial charge >= 0.3 is 0 Å². The van der Waals surface area contributed by atoms with E-state index in [1.807, 2.05) is 0 Å². The molecule has 1 aromatic heterocycles. The van der Waals surface area contributed by atoms with Crippen LogP contribution in [0.25, 0.3) is 10.9 Å². The Kier molecular flexibility index (Phi) is 3.66. The van der Waals surface area contributed by atoms with Gasteiger partial charge < -0.3 is 4.74 Å². The molecular formula is C14H9BrFN3O2. The molecule has 0 saturated heterocycles. The molecule has 0 bridgehead atoms. The molecule has 21 heavy (non-hydrogen) atoms. The third-order valence-electron chi connectivity index (χ3n) is 2.87. The fraction of sp³-hybridized carbons (Fsp3) is 0.0714. The maximum atomic E-state index is 13.0. The molecule has 0 spiro atoms. The molecule has 0 aliphatic carbocycles. The van der Waals surface area contributed by atoms with E-state index in [0.717, 1.165) is 4.68 Å². The third kappa shape index (κ3) is 2.78. The van der Waals surface area contributed by atoms with Gasteiger partial charge in [0, 0.05) is 0 Å². The standard InChI is InChI=1S/C14H9BrFN3O2/c15-11-7-9(16)5-6-13(11)21-8-19-14(20)10-3-1-2-4-12(10)17-18-19/h1-7H,8H2. The molecule has 0 atom stereocenters. The molecule has 0 fully saturated rings. The first kappa shape index (κ1) is 13.7. The largest absolute Gasteiger partial charge is 0.470 e. The molecule has 5 nitrogen and oxygen atoms in total. The Hall–Kier alpha value is -2.28. The summed E-state index contributed by atoms with van der Waals surface area (Å²) in [6.07, 6.45) is 0. The molecule has 7 heteroatoms. The lowest BCUT2D eigenvalue weighted by Crippen LogP contribution is -2.26. The fourth-order valence-electron chi connectivity index (χ4n) is 1.83. The summed E-state index contributed by atoms with van der Waals surface area (Å²) in [6.45, 7) is -0.110. The Labute approximate surface area is 127 Å². The minimum Gasteiger partial charge on any atom is -0.470 e. The van der Waals surface area contributed by atoms with Crippen LogP contribution in [0.15, 0.2) is 51.7 Å². The summed E-state index contributed by atoms with van der Waals surface area (Å²) in [7, 11) is 0. The maximum absolute atomic E-state index is 13.0. The summed E-state index contributed by atoms with van der Waals surface area (Å²) < 4.78 is 20.0. The number of fused-ring (bicyclic) bond motifs is 1. The van der Waals surface area contributed by atoms with Crippen molar-refractivity contribution in [1.29, 1.82) is 0 Å². The zero-order valence-corrected chi connectivity index (χ0v) is 12.2. The summed E-state index contributed by atoms with van der Waals surface area (Å²) in [5, 5.41) is 8.23. The number of hydrogen-bond donors (Lipinski definition) is 0. The van der Waals surface area contributed by atoms with Gasteiger partial charge in [-0.3, -0.25) is 4.79 Å². The van der Waals surface area contributed by atoms with Crippen LogP contribution < -0.4 is 10.3 Å². The second-order valence-corrected chi connectivity index (χ2v) is 5.11. The van der Waals surface area contributed by atoms with Crippen LogP contribution in [0.3, 0.4) is 0 Å². The van der Waals surface area contributed by atoms with E-state index in [2.05, 4.69) is 26.2 Å². The van der Waals surface area contributed by atoms with Crippen molar-refractivity contribution in [3.05, 3.63) is 63.1 Å². The number of aromatic nitrogens is 3. The molecule has 0 aliphatic heterocycles. The quantitative estimate of drug-likeness (QED) is 0.729. The normalized spacial score (nSPS) is 10.8. The zero-order chi connectivity index (χ0) is 14.8. The molecule has 0 radical (unpaired) electrons. The summed E-state index contributed by atoms with van der Waals surface area (Å²) in [4.78, 5) is 12.2. The first-order valence-electron chi connectivity index (χ1n) is 6.05. The second-order valence-electron chi connectivity index (χ2n) is 4.26. The van der Waals surface area contributed by atoms with E-state index in [-0.39, 0.29) is 18.1 Å². The highest BCUT2D eigenvalue weighted by Crippen LogP contribution is 2.25. The van der Waals surface area contributed by atoms with E-state index in [1.165, 1.54) is 18.2 Å². The van der Waals surface area contributed by atoms with Crippen molar-refractivity contribution in [3.8, 4) is 5.75 Å². The van der Waals surface area contributed by atoms with Gasteiger partial charge in [-0.2, -0.15) is 4.68 Å². The number of benzene rings is 2. The Balaban J connectivity index is 1.88. The lowest BCUT2D eigenvalue weighted by molar-refractivity contribution is 0.209. The van der Waals surface area contributed by atoms with Crippen LogP contribution in [0, 0.1) is 5.82 Å². The van der Waals surface area contributed by atoms with Crippen LogP contribution in [0.1, 0.15) is 0 Å². The van der Waals surface area contributed by atoms with Gasteiger partial charge in [0.15, 0.2) is 6.73 Å². The number of hydrogen-bond acceptors (Lipinski definition) is 4. The Morgan fingerprint density at radius 1 is 1.24 bits per heavy atom. The van der Waals surface area contributed by atoms with Crippen LogP contribution in [0.2, 0.25) is 0 Å². The van der Waals surface area contributed by atoms with Crippen LogP contribution in [0.5, 0.6) is 5.75 Å². The molecule has 0 amide bonds. The summed E-state index contributed by atoms with van der Waals surface area (Å²) in [5.41, 5.74) is 0.237. The van der Waals surface area contributed by atoms with Gasteiger partial charge in [-0.1, -0.05) is 17.3 Å². The van der Waals surface area contributed by atoms with E-state index >= 15 is 0 Å². The molecule has 0 unspecified atom stereocenters. The highest BCUT2D eigenvalue weighted by atomic mass is 79.9. The minimum absolute atomic E-state index is 0.110. The predicted molar refractivity (Wildman–Crippen MR) is 78.5 cm³/mol. The summed E-state index contributed by atoms with van der Waals surface area (Å²) >= 11 is 3.19. The van der Waals surface area contributed by atoms with E-state index in [4.69, 9.17) is 4.74 Å². The van der Waals surface area contributed by atoms with E-state index in [0.29, 0.717) is 21.1 Å². The average Bonchev–Trinajstić information content (AvgIpc) is 2.48. The van der Waals surface area contributed by atoms with Crippen LogP contribution >= 0.6 is 15.9 Å². The Morgan fingerprint density at radius 3 is 2.86 bits per heavy atom. The minimum atomic E-state index is -0.378. The van der Waals surface area contributed by atoms with Crippen LogP contribution in [0.4, 0.5) is 4.39 Å². The maximum Gasteiger partial charge on any atom is 0.280 e. The summed E-state index contributed by atoms with van der Waals surface area (Å²) in [5.74, 6) is 0.0372. The highest BCUT2D eigenvalue weighted by molar-refractivity contribution is 9.10. The van der Waals surface area contributed by atoms with Crippen LogP contribution in [-0.2, 0) is 6.73 Å². The molecular weight excluding hydrogens is 341 g/mol. The second kappa shape index (κ2) is 5.61.